The molecule has 1 N–H and O–H groups in total. The van der Waals surface area contributed by atoms with E-state index in [1.54, 1.807) is 25.6 Å². The van der Waals surface area contributed by atoms with Crippen LogP contribution < -0.4 is 10.1 Å². The molecule has 6 heteroatoms. The van der Waals surface area contributed by atoms with Crippen LogP contribution >= 0.6 is 11.3 Å². The lowest BCUT2D eigenvalue weighted by Crippen LogP contribution is -2.29. The summed E-state index contributed by atoms with van der Waals surface area (Å²) in [5, 5.41) is 6.03. The zero-order chi connectivity index (χ0) is 16.9. The number of aromatic nitrogens is 1. The summed E-state index contributed by atoms with van der Waals surface area (Å²) in [6.07, 6.45) is 0. The van der Waals surface area contributed by atoms with Crippen LogP contribution in [0.5, 0.6) is 5.75 Å². The number of hydrogen-bond donors (Lipinski definition) is 1. The highest BCUT2D eigenvalue weighted by atomic mass is 32.1. The Bertz CT molecular complexity index is 821. The number of methoxy groups -OCH3 is 2. The van der Waals surface area contributed by atoms with Crippen LogP contribution in [0.1, 0.15) is 16.1 Å². The molecule has 0 atom stereocenters. The Morgan fingerprint density at radius 2 is 2.00 bits per heavy atom. The van der Waals surface area contributed by atoms with E-state index in [0.717, 1.165) is 21.5 Å². The molecule has 0 unspecified atom stereocenters. The van der Waals surface area contributed by atoms with Crippen LogP contribution in [0, 0.1) is 0 Å². The van der Waals surface area contributed by atoms with Gasteiger partial charge in [-0.05, 0) is 35.2 Å². The molecule has 3 aromatic rings. The van der Waals surface area contributed by atoms with E-state index in [-0.39, 0.29) is 5.91 Å². The van der Waals surface area contributed by atoms with E-state index in [0.29, 0.717) is 25.4 Å². The smallest absolute Gasteiger partial charge is 0.268 e. The van der Waals surface area contributed by atoms with Crippen molar-refractivity contribution in [3.05, 3.63) is 53.0 Å². The van der Waals surface area contributed by atoms with Crippen molar-refractivity contribution in [1.82, 2.24) is 9.88 Å². The molecule has 2 aromatic heterocycles. The summed E-state index contributed by atoms with van der Waals surface area (Å²) in [7, 11) is 3.27. The fourth-order valence-corrected chi connectivity index (χ4v) is 3.49. The highest BCUT2D eigenvalue weighted by Crippen LogP contribution is 2.26. The third-order valence-electron chi connectivity index (χ3n) is 3.83. The van der Waals surface area contributed by atoms with Gasteiger partial charge in [0.1, 0.15) is 16.3 Å². The van der Waals surface area contributed by atoms with Gasteiger partial charge in [-0.15, -0.1) is 11.3 Å². The van der Waals surface area contributed by atoms with Gasteiger partial charge in [-0.3, -0.25) is 4.79 Å². The highest BCUT2D eigenvalue weighted by Gasteiger charge is 2.16. The number of amides is 1. The molecule has 0 saturated carbocycles. The SMILES string of the molecule is COCCNC(=O)c1cc2ccsc2n1Cc1ccc(OC)cc1. The molecule has 24 heavy (non-hydrogen) atoms. The number of nitrogens with one attached hydrogen (secondary N) is 1. The predicted molar refractivity (Wildman–Crippen MR) is 96.1 cm³/mol. The number of benzene rings is 1. The molecular weight excluding hydrogens is 324 g/mol. The van der Waals surface area contributed by atoms with Gasteiger partial charge in [0.25, 0.3) is 5.91 Å². The van der Waals surface area contributed by atoms with Crippen LogP contribution in [-0.4, -0.2) is 37.8 Å². The van der Waals surface area contributed by atoms with Gasteiger partial charge in [0.05, 0.1) is 13.7 Å². The largest absolute Gasteiger partial charge is 0.497 e. The van der Waals surface area contributed by atoms with E-state index in [4.69, 9.17) is 9.47 Å². The van der Waals surface area contributed by atoms with Gasteiger partial charge in [-0.1, -0.05) is 12.1 Å². The molecule has 0 bridgehead atoms. The van der Waals surface area contributed by atoms with Crippen molar-refractivity contribution in [2.75, 3.05) is 27.4 Å². The van der Waals surface area contributed by atoms with Crippen molar-refractivity contribution in [3.8, 4) is 5.75 Å². The van der Waals surface area contributed by atoms with E-state index >= 15 is 0 Å². The van der Waals surface area contributed by atoms with Crippen molar-refractivity contribution >= 4 is 27.5 Å². The number of rotatable bonds is 7. The molecule has 1 aromatic carbocycles. The second kappa shape index (κ2) is 7.51. The Kier molecular flexibility index (Phi) is 5.17. The van der Waals surface area contributed by atoms with Gasteiger partial charge in [-0.25, -0.2) is 0 Å². The van der Waals surface area contributed by atoms with Gasteiger partial charge in [-0.2, -0.15) is 0 Å². The number of carbonyl (C=O) groups excluding carboxylic acids is 1. The number of ether oxygens (including phenoxy) is 2. The Balaban J connectivity index is 1.88. The fourth-order valence-electron chi connectivity index (χ4n) is 2.59. The number of carbonyl (C=O) groups is 1. The minimum atomic E-state index is -0.0797. The van der Waals surface area contributed by atoms with Gasteiger partial charge >= 0.3 is 0 Å². The Hall–Kier alpha value is -2.31. The van der Waals surface area contributed by atoms with Crippen molar-refractivity contribution in [2.45, 2.75) is 6.54 Å². The first-order valence-corrected chi connectivity index (χ1v) is 8.57. The van der Waals surface area contributed by atoms with E-state index in [9.17, 15) is 4.79 Å². The maximum absolute atomic E-state index is 12.5. The van der Waals surface area contributed by atoms with E-state index in [2.05, 4.69) is 9.88 Å². The van der Waals surface area contributed by atoms with Crippen LogP contribution in [-0.2, 0) is 11.3 Å². The Morgan fingerprint density at radius 1 is 1.21 bits per heavy atom. The van der Waals surface area contributed by atoms with Crippen molar-refractivity contribution < 1.29 is 14.3 Å². The Morgan fingerprint density at radius 3 is 2.71 bits per heavy atom. The van der Waals surface area contributed by atoms with Crippen LogP contribution in [0.15, 0.2) is 41.8 Å². The minimum Gasteiger partial charge on any atom is -0.497 e. The maximum atomic E-state index is 12.5. The lowest BCUT2D eigenvalue weighted by Gasteiger charge is -2.11. The molecule has 0 aliphatic heterocycles. The molecule has 126 valence electrons. The van der Waals surface area contributed by atoms with E-state index < -0.39 is 0 Å². The number of fused-ring (bicyclic) bond motifs is 1. The van der Waals surface area contributed by atoms with Gasteiger partial charge < -0.3 is 19.4 Å². The molecule has 0 saturated heterocycles. The predicted octanol–water partition coefficient (Wildman–Crippen LogP) is 3.14. The topological polar surface area (TPSA) is 52.5 Å². The van der Waals surface area contributed by atoms with Crippen LogP contribution in [0.25, 0.3) is 10.2 Å². The molecule has 5 nitrogen and oxygen atoms in total. The zero-order valence-electron chi connectivity index (χ0n) is 13.7. The minimum absolute atomic E-state index is 0.0797. The number of thiophene rings is 1. The molecule has 2 heterocycles. The molecule has 0 aliphatic carbocycles. The third kappa shape index (κ3) is 3.44. The molecule has 0 radical (unpaired) electrons. The first kappa shape index (κ1) is 16.5. The summed E-state index contributed by atoms with van der Waals surface area (Å²) in [6, 6.07) is 11.9. The summed E-state index contributed by atoms with van der Waals surface area (Å²) < 4.78 is 12.2. The summed E-state index contributed by atoms with van der Waals surface area (Å²) >= 11 is 1.64. The molecule has 0 fully saturated rings. The molecule has 1 amide bonds. The third-order valence-corrected chi connectivity index (χ3v) is 4.78. The Labute approximate surface area is 144 Å². The second-order valence-electron chi connectivity index (χ2n) is 5.39. The van der Waals surface area contributed by atoms with Gasteiger partial charge in [0, 0.05) is 25.6 Å². The first-order valence-electron chi connectivity index (χ1n) is 7.69. The van der Waals surface area contributed by atoms with Crippen molar-refractivity contribution in [3.63, 3.8) is 0 Å². The number of hydrogen-bond acceptors (Lipinski definition) is 4. The average molecular weight is 344 g/mol. The van der Waals surface area contributed by atoms with E-state index in [1.165, 1.54) is 0 Å². The highest BCUT2D eigenvalue weighted by molar-refractivity contribution is 7.16. The lowest BCUT2D eigenvalue weighted by molar-refractivity contribution is 0.0929. The standard InChI is InChI=1S/C18H20N2O3S/c1-22-9-8-19-17(21)16-11-14-7-10-24-18(14)20(16)12-13-3-5-15(23-2)6-4-13/h3-7,10-11H,8-9,12H2,1-2H3,(H,19,21). The lowest BCUT2D eigenvalue weighted by atomic mass is 10.2. The van der Waals surface area contributed by atoms with Gasteiger partial charge in [0.15, 0.2) is 0 Å². The fraction of sp³-hybridized carbons (Fsp3) is 0.278. The van der Waals surface area contributed by atoms with Crippen LogP contribution in [0.4, 0.5) is 0 Å². The summed E-state index contributed by atoms with van der Waals surface area (Å²) in [4.78, 5) is 13.6. The maximum Gasteiger partial charge on any atom is 0.268 e. The van der Waals surface area contributed by atoms with E-state index in [1.807, 2.05) is 41.8 Å². The van der Waals surface area contributed by atoms with Crippen LogP contribution in [0.2, 0.25) is 0 Å². The van der Waals surface area contributed by atoms with Crippen molar-refractivity contribution in [2.24, 2.45) is 0 Å². The zero-order valence-corrected chi connectivity index (χ0v) is 14.6. The normalized spacial score (nSPS) is 10.9. The van der Waals surface area contributed by atoms with Crippen molar-refractivity contribution in [1.29, 1.82) is 0 Å². The monoisotopic (exact) mass is 344 g/mol. The summed E-state index contributed by atoms with van der Waals surface area (Å²) in [5.74, 6) is 0.744. The molecule has 0 spiro atoms. The second-order valence-corrected chi connectivity index (χ2v) is 6.29. The molecular formula is C18H20N2O3S. The first-order chi connectivity index (χ1) is 11.7. The average Bonchev–Trinajstić information content (AvgIpc) is 3.18. The van der Waals surface area contributed by atoms with Crippen LogP contribution in [0.3, 0.4) is 0 Å². The quantitative estimate of drug-likeness (QED) is 0.670. The molecule has 3 rings (SSSR count). The number of nitrogens with zero attached hydrogens (tertiary/aromatic N) is 1. The molecule has 0 aliphatic rings. The summed E-state index contributed by atoms with van der Waals surface area (Å²) in [6.45, 7) is 1.64. The summed E-state index contributed by atoms with van der Waals surface area (Å²) in [5.41, 5.74) is 1.79. The van der Waals surface area contributed by atoms with Gasteiger partial charge in [0.2, 0.25) is 0 Å².